The molecule has 0 spiro atoms. The Morgan fingerprint density at radius 2 is 1.88 bits per heavy atom. The molecule has 1 aromatic rings. The third-order valence-corrected chi connectivity index (χ3v) is 4.13. The monoisotopic (exact) mass is 262 g/mol. The summed E-state index contributed by atoms with van der Waals surface area (Å²) in [4.78, 5) is 0.156. The van der Waals surface area contributed by atoms with E-state index in [9.17, 15) is 12.6 Å². The van der Waals surface area contributed by atoms with E-state index >= 15 is 0 Å². The van der Waals surface area contributed by atoms with E-state index in [1.54, 1.807) is 0 Å². The molecule has 1 atom stereocenters. The van der Waals surface area contributed by atoms with Gasteiger partial charge in [0.05, 0.1) is 4.90 Å². The van der Waals surface area contributed by atoms with Gasteiger partial charge in [0.25, 0.3) is 0 Å². The molecule has 5 nitrogen and oxygen atoms in total. The van der Waals surface area contributed by atoms with Crippen molar-refractivity contribution < 1.29 is 12.6 Å². The van der Waals surface area contributed by atoms with Crippen molar-refractivity contribution in [3.05, 3.63) is 24.3 Å². The minimum atomic E-state index is -3.51. The number of anilines is 1. The van der Waals surface area contributed by atoms with Gasteiger partial charge in [0.1, 0.15) is 0 Å². The van der Waals surface area contributed by atoms with Crippen molar-refractivity contribution in [3.63, 3.8) is 0 Å². The minimum absolute atomic E-state index is 0.156. The Bertz CT molecular complexity index is 468. The van der Waals surface area contributed by atoms with Crippen LogP contribution in [-0.2, 0) is 20.8 Å². The number of nitrogens with one attached hydrogen (secondary N) is 1. The summed E-state index contributed by atoms with van der Waals surface area (Å²) < 4.78 is 36.5. The van der Waals surface area contributed by atoms with Crippen LogP contribution in [0.5, 0.6) is 0 Å². The van der Waals surface area contributed by atoms with Gasteiger partial charge in [-0.15, -0.1) is 0 Å². The number of sulfonamides is 1. The third-order valence-electron chi connectivity index (χ3n) is 1.87. The Morgan fingerprint density at radius 3 is 2.38 bits per heavy atom. The first-order valence-electron chi connectivity index (χ1n) is 4.57. The number of hydrogen-bond acceptors (Lipinski definition) is 4. The van der Waals surface area contributed by atoms with Gasteiger partial charge < -0.3 is 5.73 Å². The highest BCUT2D eigenvalue weighted by Gasteiger charge is 2.12. The zero-order chi connectivity index (χ0) is 12.2. The van der Waals surface area contributed by atoms with Gasteiger partial charge in [0, 0.05) is 35.0 Å². The van der Waals surface area contributed by atoms with E-state index < -0.39 is 20.8 Å². The number of hydrogen-bond donors (Lipinski definition) is 2. The van der Waals surface area contributed by atoms with Gasteiger partial charge in [-0.2, -0.15) is 0 Å². The molecule has 0 saturated carbocycles. The van der Waals surface area contributed by atoms with Gasteiger partial charge in [-0.1, -0.05) is 0 Å². The molecule has 0 heterocycles. The fourth-order valence-electron chi connectivity index (χ4n) is 1.05. The molecule has 0 aromatic heterocycles. The molecule has 0 aliphatic carbocycles. The van der Waals surface area contributed by atoms with Gasteiger partial charge in [0.2, 0.25) is 10.0 Å². The van der Waals surface area contributed by atoms with Crippen LogP contribution >= 0.6 is 0 Å². The summed E-state index contributed by atoms with van der Waals surface area (Å²) in [6.07, 6.45) is 1.53. The van der Waals surface area contributed by atoms with Gasteiger partial charge in [-0.3, -0.25) is 4.21 Å². The van der Waals surface area contributed by atoms with Crippen LogP contribution in [-0.4, -0.2) is 31.2 Å². The Balaban J connectivity index is 2.71. The summed E-state index contributed by atoms with van der Waals surface area (Å²) in [7, 11) is -4.52. The lowest BCUT2D eigenvalue weighted by molar-refractivity contribution is 0.584. The van der Waals surface area contributed by atoms with Gasteiger partial charge in [-0.25, -0.2) is 13.1 Å². The molecule has 16 heavy (non-hydrogen) atoms. The molecule has 1 unspecified atom stereocenters. The highest BCUT2D eigenvalue weighted by atomic mass is 32.2. The molecule has 0 saturated heterocycles. The normalized spacial score (nSPS) is 13.6. The quantitative estimate of drug-likeness (QED) is 0.727. The summed E-state index contributed by atoms with van der Waals surface area (Å²) >= 11 is 0. The Morgan fingerprint density at radius 1 is 1.31 bits per heavy atom. The van der Waals surface area contributed by atoms with Crippen LogP contribution in [0.4, 0.5) is 5.69 Å². The van der Waals surface area contributed by atoms with Crippen molar-refractivity contribution in [1.82, 2.24) is 4.72 Å². The first-order valence-corrected chi connectivity index (χ1v) is 7.78. The molecule has 0 fully saturated rings. The molecule has 90 valence electrons. The molecule has 0 radical (unpaired) electrons. The van der Waals surface area contributed by atoms with Crippen LogP contribution in [0.1, 0.15) is 0 Å². The summed E-state index contributed by atoms with van der Waals surface area (Å²) in [6.45, 7) is 0.163. The maximum atomic E-state index is 11.7. The lowest BCUT2D eigenvalue weighted by Gasteiger charge is -2.05. The number of nitrogens with two attached hydrogens (primary N) is 1. The fraction of sp³-hybridized carbons (Fsp3) is 0.333. The van der Waals surface area contributed by atoms with Crippen LogP contribution in [0, 0.1) is 0 Å². The first kappa shape index (κ1) is 13.1. The van der Waals surface area contributed by atoms with E-state index in [1.807, 2.05) is 0 Å². The van der Waals surface area contributed by atoms with Crippen molar-refractivity contribution in [2.45, 2.75) is 4.90 Å². The molecule has 1 rings (SSSR count). The summed E-state index contributed by atoms with van der Waals surface area (Å²) in [5, 5.41) is 0. The van der Waals surface area contributed by atoms with Gasteiger partial charge in [0.15, 0.2) is 0 Å². The fourth-order valence-corrected chi connectivity index (χ4v) is 2.60. The van der Waals surface area contributed by atoms with E-state index in [2.05, 4.69) is 4.72 Å². The average molecular weight is 262 g/mol. The van der Waals surface area contributed by atoms with Crippen molar-refractivity contribution in [2.24, 2.45) is 0 Å². The predicted molar refractivity (Wildman–Crippen MR) is 65.0 cm³/mol. The maximum absolute atomic E-state index is 11.7. The van der Waals surface area contributed by atoms with E-state index in [0.717, 1.165) is 0 Å². The van der Waals surface area contributed by atoms with E-state index in [-0.39, 0.29) is 11.4 Å². The topological polar surface area (TPSA) is 89.3 Å². The highest BCUT2D eigenvalue weighted by Crippen LogP contribution is 2.10. The van der Waals surface area contributed by atoms with Crippen LogP contribution in [0.15, 0.2) is 29.2 Å². The van der Waals surface area contributed by atoms with Crippen molar-refractivity contribution in [3.8, 4) is 0 Å². The largest absolute Gasteiger partial charge is 0.399 e. The smallest absolute Gasteiger partial charge is 0.240 e. The Labute approximate surface area is 97.6 Å². The molecule has 7 heteroatoms. The second-order valence-corrected chi connectivity index (χ2v) is 6.57. The summed E-state index contributed by atoms with van der Waals surface area (Å²) in [6, 6.07) is 5.90. The van der Waals surface area contributed by atoms with Crippen molar-refractivity contribution in [1.29, 1.82) is 0 Å². The summed E-state index contributed by atoms with van der Waals surface area (Å²) in [5.74, 6) is 0.300. The minimum Gasteiger partial charge on any atom is -0.399 e. The molecule has 3 N–H and O–H groups in total. The Kier molecular flexibility index (Phi) is 4.45. The molecule has 0 aliphatic rings. The molecule has 0 bridgehead atoms. The van der Waals surface area contributed by atoms with Crippen LogP contribution in [0.3, 0.4) is 0 Å². The van der Waals surface area contributed by atoms with Crippen molar-refractivity contribution in [2.75, 3.05) is 24.3 Å². The van der Waals surface area contributed by atoms with Crippen LogP contribution in [0.2, 0.25) is 0 Å². The van der Waals surface area contributed by atoms with Crippen LogP contribution < -0.4 is 10.5 Å². The third kappa shape index (κ3) is 3.92. The second kappa shape index (κ2) is 5.42. The summed E-state index contributed by atoms with van der Waals surface area (Å²) in [5.41, 5.74) is 5.96. The lowest BCUT2D eigenvalue weighted by atomic mass is 10.3. The zero-order valence-corrected chi connectivity index (χ0v) is 10.5. The van der Waals surface area contributed by atoms with Gasteiger partial charge in [-0.05, 0) is 24.3 Å². The van der Waals surface area contributed by atoms with E-state index in [4.69, 9.17) is 5.73 Å². The van der Waals surface area contributed by atoms with E-state index in [0.29, 0.717) is 11.4 Å². The number of nitrogen functional groups attached to an aromatic ring is 1. The second-order valence-electron chi connectivity index (χ2n) is 3.24. The maximum Gasteiger partial charge on any atom is 0.240 e. The highest BCUT2D eigenvalue weighted by molar-refractivity contribution is 7.89. The Hall–Kier alpha value is -0.920. The molecular weight excluding hydrogens is 248 g/mol. The molecule has 1 aromatic carbocycles. The number of rotatable bonds is 5. The first-order chi connectivity index (χ1) is 7.42. The van der Waals surface area contributed by atoms with Gasteiger partial charge >= 0.3 is 0 Å². The SMILES string of the molecule is CS(=O)CCNS(=O)(=O)c1ccc(N)cc1. The lowest BCUT2D eigenvalue weighted by Crippen LogP contribution is -2.27. The number of benzene rings is 1. The standard InChI is InChI=1S/C9H14N2O3S2/c1-15(12)7-6-11-16(13,14)9-4-2-8(10)3-5-9/h2-5,11H,6-7,10H2,1H3. The van der Waals surface area contributed by atoms with E-state index in [1.165, 1.54) is 30.5 Å². The predicted octanol–water partition coefficient (Wildman–Crippen LogP) is -0.0744. The molecule has 0 amide bonds. The molecule has 0 aliphatic heterocycles. The average Bonchev–Trinajstić information content (AvgIpc) is 2.17. The van der Waals surface area contributed by atoms with Crippen molar-refractivity contribution >= 4 is 26.5 Å². The molecular formula is C9H14N2O3S2. The van der Waals surface area contributed by atoms with Crippen LogP contribution in [0.25, 0.3) is 0 Å². The zero-order valence-electron chi connectivity index (χ0n) is 8.84.